The zero-order valence-electron chi connectivity index (χ0n) is 13.7. The molecule has 1 unspecified atom stereocenters. The molecular formula is C16H19ClFNO5. The van der Waals surface area contributed by atoms with Crippen LogP contribution in [-0.4, -0.2) is 31.4 Å². The van der Waals surface area contributed by atoms with Crippen LogP contribution in [-0.2, 0) is 14.3 Å². The molecule has 0 saturated carbocycles. The van der Waals surface area contributed by atoms with Crippen LogP contribution in [0.3, 0.4) is 0 Å². The lowest BCUT2D eigenvalue weighted by molar-refractivity contribution is -0.150. The van der Waals surface area contributed by atoms with Crippen molar-refractivity contribution >= 4 is 29.4 Å². The summed E-state index contributed by atoms with van der Waals surface area (Å²) in [6.45, 7) is 8.86. The highest BCUT2D eigenvalue weighted by Crippen LogP contribution is 2.30. The summed E-state index contributed by atoms with van der Waals surface area (Å²) in [5.74, 6) is -1.33. The van der Waals surface area contributed by atoms with E-state index in [0.717, 1.165) is 6.07 Å². The van der Waals surface area contributed by atoms with E-state index in [9.17, 15) is 14.0 Å². The molecule has 1 amide bonds. The number of benzene rings is 1. The lowest BCUT2D eigenvalue weighted by Gasteiger charge is -2.17. The second-order valence-corrected chi connectivity index (χ2v) is 5.11. The number of ether oxygens (including phenoxy) is 3. The summed E-state index contributed by atoms with van der Waals surface area (Å²) >= 11 is 5.84. The minimum absolute atomic E-state index is 0.0691. The highest BCUT2D eigenvalue weighted by molar-refractivity contribution is 6.32. The highest BCUT2D eigenvalue weighted by Gasteiger charge is 2.25. The lowest BCUT2D eigenvalue weighted by Crippen LogP contribution is -2.32. The number of amides is 1. The van der Waals surface area contributed by atoms with E-state index in [-0.39, 0.29) is 28.6 Å². The Labute approximate surface area is 144 Å². The molecule has 0 spiro atoms. The molecule has 8 heteroatoms. The number of rotatable bonds is 7. The predicted molar refractivity (Wildman–Crippen MR) is 87.9 cm³/mol. The van der Waals surface area contributed by atoms with Gasteiger partial charge in [-0.1, -0.05) is 18.2 Å². The van der Waals surface area contributed by atoms with E-state index in [1.165, 1.54) is 13.0 Å². The molecule has 0 saturated heterocycles. The van der Waals surface area contributed by atoms with E-state index in [1.54, 1.807) is 13.8 Å². The van der Waals surface area contributed by atoms with Gasteiger partial charge in [0.15, 0.2) is 0 Å². The molecule has 1 N–H and O–H groups in total. The van der Waals surface area contributed by atoms with Crippen molar-refractivity contribution in [1.29, 1.82) is 0 Å². The van der Waals surface area contributed by atoms with Gasteiger partial charge < -0.3 is 14.2 Å². The molecule has 0 aliphatic carbocycles. The topological polar surface area (TPSA) is 73.9 Å². The summed E-state index contributed by atoms with van der Waals surface area (Å²) in [6, 6.07) is 2.23. The molecule has 0 radical (unpaired) electrons. The largest absolute Gasteiger partial charge is 0.492 e. The summed E-state index contributed by atoms with van der Waals surface area (Å²) < 4.78 is 28.9. The summed E-state index contributed by atoms with van der Waals surface area (Å²) in [7, 11) is 0. The normalized spacial score (nSPS) is 11.4. The van der Waals surface area contributed by atoms with Crippen LogP contribution >= 0.6 is 11.6 Å². The zero-order chi connectivity index (χ0) is 18.3. The van der Waals surface area contributed by atoms with E-state index in [2.05, 4.69) is 11.9 Å². The van der Waals surface area contributed by atoms with Crippen LogP contribution in [0.15, 0.2) is 24.3 Å². The number of esters is 1. The van der Waals surface area contributed by atoms with Gasteiger partial charge in [-0.2, -0.15) is 0 Å². The van der Waals surface area contributed by atoms with Gasteiger partial charge in [0.25, 0.3) is 0 Å². The SMILES string of the molecule is C=C(C)C(OC(=O)Nc1cc(OCC)c(Cl)cc1F)C(=O)OCC. The molecule has 0 aliphatic heterocycles. The first kappa shape index (κ1) is 19.8. The zero-order valence-corrected chi connectivity index (χ0v) is 14.4. The maximum atomic E-state index is 13.9. The third kappa shape index (κ3) is 5.42. The molecule has 1 aromatic carbocycles. The van der Waals surface area contributed by atoms with Crippen molar-refractivity contribution in [2.45, 2.75) is 26.9 Å². The molecule has 0 bridgehead atoms. The molecule has 1 aromatic rings. The number of hydrogen-bond acceptors (Lipinski definition) is 5. The molecule has 6 nitrogen and oxygen atoms in total. The number of carbonyl (C=O) groups is 2. The Balaban J connectivity index is 2.88. The summed E-state index contributed by atoms with van der Waals surface area (Å²) in [5.41, 5.74) is 0.0763. The minimum Gasteiger partial charge on any atom is -0.492 e. The number of halogens is 2. The fourth-order valence-electron chi connectivity index (χ4n) is 1.71. The van der Waals surface area contributed by atoms with Gasteiger partial charge in [-0.15, -0.1) is 0 Å². The molecule has 0 aliphatic rings. The third-order valence-corrected chi connectivity index (χ3v) is 3.03. The maximum absolute atomic E-state index is 13.9. The first-order chi connectivity index (χ1) is 11.3. The van der Waals surface area contributed by atoms with Gasteiger partial charge in [0, 0.05) is 6.07 Å². The Morgan fingerprint density at radius 3 is 2.54 bits per heavy atom. The Bertz CT molecular complexity index is 635. The van der Waals surface area contributed by atoms with E-state index >= 15 is 0 Å². The Morgan fingerprint density at radius 1 is 1.33 bits per heavy atom. The quantitative estimate of drug-likeness (QED) is 0.589. The van der Waals surface area contributed by atoms with Gasteiger partial charge >= 0.3 is 12.1 Å². The fourth-order valence-corrected chi connectivity index (χ4v) is 1.91. The molecule has 0 heterocycles. The first-order valence-corrected chi connectivity index (χ1v) is 7.59. The van der Waals surface area contributed by atoms with Gasteiger partial charge in [-0.3, -0.25) is 5.32 Å². The van der Waals surface area contributed by atoms with E-state index < -0.39 is 24.0 Å². The predicted octanol–water partition coefficient (Wildman–Crippen LogP) is 3.93. The lowest BCUT2D eigenvalue weighted by atomic mass is 10.2. The molecular weight excluding hydrogens is 341 g/mol. The first-order valence-electron chi connectivity index (χ1n) is 7.21. The monoisotopic (exact) mass is 359 g/mol. The van der Waals surface area contributed by atoms with Crippen molar-refractivity contribution in [2.75, 3.05) is 18.5 Å². The van der Waals surface area contributed by atoms with E-state index in [4.69, 9.17) is 25.8 Å². The van der Waals surface area contributed by atoms with Gasteiger partial charge in [-0.05, 0) is 32.4 Å². The highest BCUT2D eigenvalue weighted by atomic mass is 35.5. The van der Waals surface area contributed by atoms with Crippen molar-refractivity contribution in [2.24, 2.45) is 0 Å². The van der Waals surface area contributed by atoms with Crippen LogP contribution in [0, 0.1) is 5.82 Å². The smallest absolute Gasteiger partial charge is 0.412 e. The van der Waals surface area contributed by atoms with Gasteiger partial charge in [-0.25, -0.2) is 14.0 Å². The third-order valence-electron chi connectivity index (χ3n) is 2.73. The standard InChI is InChI=1S/C16H19ClFNO5/c1-5-22-13-8-12(11(18)7-10(13)17)19-16(21)24-14(9(3)4)15(20)23-6-2/h7-8,14H,3,5-6H2,1-2,4H3,(H,19,21). The summed E-state index contributed by atoms with van der Waals surface area (Å²) in [4.78, 5) is 23.6. The Kier molecular flexibility index (Phi) is 7.51. The second kappa shape index (κ2) is 9.12. The second-order valence-electron chi connectivity index (χ2n) is 4.70. The molecule has 24 heavy (non-hydrogen) atoms. The number of carbonyl (C=O) groups excluding carboxylic acids is 2. The fraction of sp³-hybridized carbons (Fsp3) is 0.375. The van der Waals surface area contributed by atoms with Crippen molar-refractivity contribution in [3.8, 4) is 5.75 Å². The number of anilines is 1. The van der Waals surface area contributed by atoms with Crippen LogP contribution in [0.1, 0.15) is 20.8 Å². The number of nitrogens with one attached hydrogen (secondary N) is 1. The van der Waals surface area contributed by atoms with Crippen LogP contribution in [0.4, 0.5) is 14.9 Å². The van der Waals surface area contributed by atoms with Crippen molar-refractivity contribution in [3.05, 3.63) is 35.1 Å². The summed E-state index contributed by atoms with van der Waals surface area (Å²) in [5, 5.41) is 2.26. The van der Waals surface area contributed by atoms with Crippen molar-refractivity contribution in [1.82, 2.24) is 0 Å². The Hall–Kier alpha value is -2.28. The van der Waals surface area contributed by atoms with Crippen molar-refractivity contribution in [3.63, 3.8) is 0 Å². The average Bonchev–Trinajstić information content (AvgIpc) is 2.49. The van der Waals surface area contributed by atoms with Crippen LogP contribution in [0.25, 0.3) is 0 Å². The molecule has 1 atom stereocenters. The molecule has 0 aromatic heterocycles. The minimum atomic E-state index is -1.29. The van der Waals surface area contributed by atoms with Crippen LogP contribution < -0.4 is 10.1 Å². The molecule has 0 fully saturated rings. The summed E-state index contributed by atoms with van der Waals surface area (Å²) in [6.07, 6.45) is -2.33. The van der Waals surface area contributed by atoms with Gasteiger partial charge in [0.2, 0.25) is 6.10 Å². The van der Waals surface area contributed by atoms with E-state index in [1.807, 2.05) is 0 Å². The molecule has 132 valence electrons. The van der Waals surface area contributed by atoms with Gasteiger partial charge in [0.1, 0.15) is 11.6 Å². The molecule has 1 rings (SSSR count). The van der Waals surface area contributed by atoms with Crippen LogP contribution in [0.2, 0.25) is 5.02 Å². The number of hydrogen-bond donors (Lipinski definition) is 1. The van der Waals surface area contributed by atoms with Crippen molar-refractivity contribution < 1.29 is 28.2 Å². The Morgan fingerprint density at radius 2 is 2.00 bits per heavy atom. The maximum Gasteiger partial charge on any atom is 0.412 e. The van der Waals surface area contributed by atoms with E-state index in [0.29, 0.717) is 6.61 Å². The van der Waals surface area contributed by atoms with Crippen LogP contribution in [0.5, 0.6) is 5.75 Å². The average molecular weight is 360 g/mol. The van der Waals surface area contributed by atoms with Gasteiger partial charge in [0.05, 0.1) is 23.9 Å².